The number of hydrogen-bond donors (Lipinski definition) is 1. The maximum absolute atomic E-state index is 13.6. The van der Waals surface area contributed by atoms with Crippen LogP contribution in [0.1, 0.15) is 28.1 Å². The van der Waals surface area contributed by atoms with Crippen LogP contribution in [-0.2, 0) is 14.8 Å². The van der Waals surface area contributed by atoms with Gasteiger partial charge in [0.25, 0.3) is 15.9 Å². The maximum Gasteiger partial charge on any atom is 0.264 e. The Bertz CT molecular complexity index is 1650. The van der Waals surface area contributed by atoms with E-state index in [2.05, 4.69) is 10.5 Å². The number of rotatable bonds is 8. The van der Waals surface area contributed by atoms with Crippen molar-refractivity contribution < 1.29 is 13.2 Å². The minimum atomic E-state index is -4.01. The number of aryl methyl sites for hydroxylation is 3. The highest BCUT2D eigenvalue weighted by atomic mass is 35.5. The number of benzene rings is 3. The molecule has 0 radical (unpaired) electrons. The predicted octanol–water partition coefficient (Wildman–Crippen LogP) is 6.36. The second-order valence-corrected chi connectivity index (χ2v) is 11.9. The molecule has 1 N–H and O–H groups in total. The number of amides is 1. The topological polar surface area (TPSA) is 83.8 Å². The largest absolute Gasteiger partial charge is 0.318 e. The molecule has 7 nitrogen and oxygen atoms in total. The van der Waals surface area contributed by atoms with Gasteiger partial charge in [0.1, 0.15) is 6.54 Å². The van der Waals surface area contributed by atoms with E-state index < -0.39 is 22.5 Å². The van der Waals surface area contributed by atoms with Crippen LogP contribution in [0, 0.1) is 27.7 Å². The molecule has 0 fully saturated rings. The van der Waals surface area contributed by atoms with Crippen molar-refractivity contribution in [2.24, 2.45) is 5.10 Å². The molecule has 0 atom stereocenters. The lowest BCUT2D eigenvalue weighted by molar-refractivity contribution is -0.119. The molecule has 4 aromatic rings. The number of hydrogen-bond acceptors (Lipinski definition) is 4. The van der Waals surface area contributed by atoms with Gasteiger partial charge in [-0.25, -0.2) is 13.8 Å². The van der Waals surface area contributed by atoms with Crippen LogP contribution in [0.25, 0.3) is 5.69 Å². The fraction of sp³-hybridized carbons (Fsp3) is 0.172. The van der Waals surface area contributed by atoms with E-state index in [1.54, 1.807) is 30.3 Å². The van der Waals surface area contributed by atoms with Gasteiger partial charge in [0, 0.05) is 32.7 Å². The Balaban J connectivity index is 1.58. The van der Waals surface area contributed by atoms with Crippen LogP contribution in [0.3, 0.4) is 0 Å². The Hall–Kier alpha value is -3.59. The van der Waals surface area contributed by atoms with Crippen LogP contribution >= 0.6 is 23.2 Å². The van der Waals surface area contributed by atoms with E-state index >= 15 is 0 Å². The molecule has 0 bridgehead atoms. The first kappa shape index (κ1) is 28.4. The quantitative estimate of drug-likeness (QED) is 0.194. The van der Waals surface area contributed by atoms with Crippen LogP contribution in [0.5, 0.6) is 0 Å². The third kappa shape index (κ3) is 6.36. The standard InChI is InChI=1S/C29H28Cl2N4O3S/c1-19-10-11-28(20(2)12-19)34(39(37,38)27-8-6-5-7-9-27)18-29(36)33-32-17-23-13-21(3)35(22(23)4)26-15-24(30)14-25(31)16-26/h5-17H,18H2,1-4H3,(H,33,36)/b32-17-. The van der Waals surface area contributed by atoms with Gasteiger partial charge in [0.05, 0.1) is 16.8 Å². The Labute approximate surface area is 238 Å². The van der Waals surface area contributed by atoms with Gasteiger partial charge < -0.3 is 4.57 Å². The molecule has 0 unspecified atom stereocenters. The summed E-state index contributed by atoms with van der Waals surface area (Å²) >= 11 is 12.4. The van der Waals surface area contributed by atoms with E-state index in [4.69, 9.17) is 23.2 Å². The second kappa shape index (κ2) is 11.7. The summed E-state index contributed by atoms with van der Waals surface area (Å²) in [6, 6.07) is 20.6. The molecular weight excluding hydrogens is 555 g/mol. The molecule has 0 spiro atoms. The van der Waals surface area contributed by atoms with Crippen molar-refractivity contribution in [1.29, 1.82) is 0 Å². The van der Waals surface area contributed by atoms with Gasteiger partial charge in [-0.05, 0) is 75.7 Å². The second-order valence-electron chi connectivity index (χ2n) is 9.20. The van der Waals surface area contributed by atoms with Crippen molar-refractivity contribution in [3.8, 4) is 5.69 Å². The molecular formula is C29H28Cl2N4O3S. The first-order valence-electron chi connectivity index (χ1n) is 12.1. The highest BCUT2D eigenvalue weighted by Crippen LogP contribution is 2.28. The normalized spacial score (nSPS) is 11.6. The molecule has 0 aliphatic rings. The van der Waals surface area contributed by atoms with E-state index in [1.807, 2.05) is 62.6 Å². The molecule has 0 aliphatic carbocycles. The summed E-state index contributed by atoms with van der Waals surface area (Å²) in [5.41, 5.74) is 7.99. The zero-order chi connectivity index (χ0) is 28.3. The Morgan fingerprint density at radius 2 is 1.62 bits per heavy atom. The van der Waals surface area contributed by atoms with Gasteiger partial charge in [-0.2, -0.15) is 5.10 Å². The van der Waals surface area contributed by atoms with Gasteiger partial charge in [-0.1, -0.05) is 59.1 Å². The molecule has 4 rings (SSSR count). The molecule has 0 saturated carbocycles. The fourth-order valence-corrected chi connectivity index (χ4v) is 6.45. The van der Waals surface area contributed by atoms with E-state index in [0.717, 1.165) is 38.1 Å². The van der Waals surface area contributed by atoms with Crippen LogP contribution in [-0.4, -0.2) is 31.7 Å². The van der Waals surface area contributed by atoms with Crippen molar-refractivity contribution in [2.75, 3.05) is 10.8 Å². The van der Waals surface area contributed by atoms with E-state index in [1.165, 1.54) is 18.3 Å². The summed E-state index contributed by atoms with van der Waals surface area (Å²) < 4.78 is 30.2. The molecule has 10 heteroatoms. The number of anilines is 1. The number of hydrazone groups is 1. The molecule has 1 amide bonds. The van der Waals surface area contributed by atoms with E-state index in [0.29, 0.717) is 15.7 Å². The first-order valence-corrected chi connectivity index (χ1v) is 14.3. The monoisotopic (exact) mass is 582 g/mol. The van der Waals surface area contributed by atoms with Crippen LogP contribution in [0.4, 0.5) is 5.69 Å². The Morgan fingerprint density at radius 3 is 2.26 bits per heavy atom. The summed E-state index contributed by atoms with van der Waals surface area (Å²) in [4.78, 5) is 13.1. The van der Waals surface area contributed by atoms with Gasteiger partial charge in [-0.3, -0.25) is 9.10 Å². The number of carbonyl (C=O) groups is 1. The average Bonchev–Trinajstić information content (AvgIpc) is 3.15. The lowest BCUT2D eigenvalue weighted by atomic mass is 10.1. The lowest BCUT2D eigenvalue weighted by Crippen LogP contribution is -2.40. The number of nitrogens with one attached hydrogen (secondary N) is 1. The Morgan fingerprint density at radius 1 is 0.949 bits per heavy atom. The highest BCUT2D eigenvalue weighted by Gasteiger charge is 2.28. The molecule has 3 aromatic carbocycles. The zero-order valence-electron chi connectivity index (χ0n) is 21.9. The van der Waals surface area contributed by atoms with Crippen molar-refractivity contribution in [2.45, 2.75) is 32.6 Å². The van der Waals surface area contributed by atoms with Crippen molar-refractivity contribution in [3.63, 3.8) is 0 Å². The van der Waals surface area contributed by atoms with Crippen molar-refractivity contribution >= 4 is 51.0 Å². The SMILES string of the molecule is Cc1ccc(N(CC(=O)N/N=C\c2cc(C)n(-c3cc(Cl)cc(Cl)c3)c2C)S(=O)(=O)c2ccccc2)c(C)c1. The molecule has 0 saturated heterocycles. The maximum atomic E-state index is 13.6. The zero-order valence-corrected chi connectivity index (χ0v) is 24.3. The molecule has 39 heavy (non-hydrogen) atoms. The third-order valence-corrected chi connectivity index (χ3v) is 8.42. The van der Waals surface area contributed by atoms with Crippen LogP contribution in [0.15, 0.2) is 82.8 Å². The Kier molecular flexibility index (Phi) is 8.49. The van der Waals surface area contributed by atoms with Gasteiger partial charge in [0.15, 0.2) is 0 Å². The van der Waals surface area contributed by atoms with Crippen molar-refractivity contribution in [3.05, 3.63) is 111 Å². The van der Waals surface area contributed by atoms with Crippen LogP contribution < -0.4 is 9.73 Å². The van der Waals surface area contributed by atoms with E-state index in [-0.39, 0.29) is 4.90 Å². The van der Waals surface area contributed by atoms with Gasteiger partial charge >= 0.3 is 0 Å². The molecule has 0 aliphatic heterocycles. The first-order chi connectivity index (χ1) is 18.5. The predicted molar refractivity (Wildman–Crippen MR) is 158 cm³/mol. The number of halogens is 2. The third-order valence-electron chi connectivity index (χ3n) is 6.21. The minimum Gasteiger partial charge on any atom is -0.318 e. The number of nitrogens with zero attached hydrogens (tertiary/aromatic N) is 3. The smallest absolute Gasteiger partial charge is 0.264 e. The molecule has 1 heterocycles. The van der Waals surface area contributed by atoms with Gasteiger partial charge in [0.2, 0.25) is 0 Å². The molecule has 1 aromatic heterocycles. The summed E-state index contributed by atoms with van der Waals surface area (Å²) in [7, 11) is -4.01. The highest BCUT2D eigenvalue weighted by molar-refractivity contribution is 7.92. The van der Waals surface area contributed by atoms with Crippen molar-refractivity contribution in [1.82, 2.24) is 9.99 Å². The molecule has 202 valence electrons. The summed E-state index contributed by atoms with van der Waals surface area (Å²) in [6.45, 7) is 7.15. The number of aromatic nitrogens is 1. The number of sulfonamides is 1. The van der Waals surface area contributed by atoms with E-state index in [9.17, 15) is 13.2 Å². The lowest BCUT2D eigenvalue weighted by Gasteiger charge is -2.25. The minimum absolute atomic E-state index is 0.0924. The van der Waals surface area contributed by atoms with Gasteiger partial charge in [-0.15, -0.1) is 0 Å². The summed E-state index contributed by atoms with van der Waals surface area (Å²) in [5, 5.41) is 5.15. The van der Waals surface area contributed by atoms with Crippen LogP contribution in [0.2, 0.25) is 10.0 Å². The average molecular weight is 584 g/mol. The number of carbonyl (C=O) groups excluding carboxylic acids is 1. The fourth-order valence-electron chi connectivity index (χ4n) is 4.43. The summed E-state index contributed by atoms with van der Waals surface area (Å²) in [5.74, 6) is -0.582. The summed E-state index contributed by atoms with van der Waals surface area (Å²) in [6.07, 6.45) is 1.52.